The second kappa shape index (κ2) is 8.23. The highest BCUT2D eigenvalue weighted by Gasteiger charge is 2.16. The molecule has 138 valence electrons. The number of hydrogen-bond donors (Lipinski definition) is 1. The molecule has 26 heavy (non-hydrogen) atoms. The zero-order valence-corrected chi connectivity index (χ0v) is 16.2. The average Bonchev–Trinajstić information content (AvgIpc) is 2.94. The van der Waals surface area contributed by atoms with E-state index in [0.29, 0.717) is 0 Å². The smallest absolute Gasteiger partial charge is 0.180 e. The highest BCUT2D eigenvalue weighted by molar-refractivity contribution is 7.15. The van der Waals surface area contributed by atoms with Gasteiger partial charge in [0.05, 0.1) is 5.69 Å². The van der Waals surface area contributed by atoms with Crippen LogP contribution in [0.4, 0.5) is 10.8 Å². The molecule has 2 aliphatic heterocycles. The highest BCUT2D eigenvalue weighted by Crippen LogP contribution is 2.24. The Hall–Kier alpha value is -1.85. The Labute approximate surface area is 160 Å². The van der Waals surface area contributed by atoms with Gasteiger partial charge in [-0.25, -0.2) is 4.98 Å². The van der Waals surface area contributed by atoms with Crippen molar-refractivity contribution in [1.82, 2.24) is 9.88 Å². The molecule has 2 N–H and O–H groups in total. The van der Waals surface area contributed by atoms with Crippen molar-refractivity contribution < 1.29 is 0 Å². The number of anilines is 2. The van der Waals surface area contributed by atoms with Crippen LogP contribution >= 0.6 is 11.3 Å². The van der Waals surface area contributed by atoms with Crippen molar-refractivity contribution in [2.24, 2.45) is 0 Å². The predicted molar refractivity (Wildman–Crippen MR) is 112 cm³/mol. The quantitative estimate of drug-likeness (QED) is 0.891. The largest absolute Gasteiger partial charge is 0.375 e. The van der Waals surface area contributed by atoms with Gasteiger partial charge in [-0.1, -0.05) is 24.3 Å². The van der Waals surface area contributed by atoms with Gasteiger partial charge in [-0.3, -0.25) is 4.90 Å². The molecule has 5 heteroatoms. The number of nitrogens with zero attached hydrogens (tertiary/aromatic N) is 3. The van der Waals surface area contributed by atoms with Crippen LogP contribution in [0.3, 0.4) is 0 Å². The third kappa shape index (κ3) is 4.27. The maximum Gasteiger partial charge on any atom is 0.180 e. The molecule has 0 aliphatic carbocycles. The number of nitrogens with two attached hydrogens (primary N) is 1. The van der Waals surface area contributed by atoms with E-state index in [4.69, 9.17) is 5.73 Å². The minimum atomic E-state index is 0.719. The summed E-state index contributed by atoms with van der Waals surface area (Å²) in [6.07, 6.45) is 10.7. The average molecular weight is 369 g/mol. The Morgan fingerprint density at radius 3 is 2.58 bits per heavy atom. The lowest BCUT2D eigenvalue weighted by molar-refractivity contribution is 0.318. The first kappa shape index (κ1) is 17.6. The molecule has 1 aromatic heterocycles. The Balaban J connectivity index is 1.29. The van der Waals surface area contributed by atoms with Gasteiger partial charge in [-0.05, 0) is 43.4 Å². The molecular weight excluding hydrogens is 340 g/mol. The zero-order chi connectivity index (χ0) is 17.8. The fourth-order valence-electron chi connectivity index (χ4n) is 3.90. The molecule has 4 nitrogen and oxygen atoms in total. The summed E-state index contributed by atoms with van der Waals surface area (Å²) in [5.41, 5.74) is 9.70. The van der Waals surface area contributed by atoms with Gasteiger partial charge in [-0.15, -0.1) is 11.3 Å². The van der Waals surface area contributed by atoms with Crippen molar-refractivity contribution in [3.63, 3.8) is 0 Å². The molecular formula is C21H28N4S. The summed E-state index contributed by atoms with van der Waals surface area (Å²) in [6.45, 7) is 5.56. The van der Waals surface area contributed by atoms with Gasteiger partial charge in [-0.2, -0.15) is 0 Å². The van der Waals surface area contributed by atoms with Crippen molar-refractivity contribution in [2.45, 2.75) is 32.1 Å². The topological polar surface area (TPSA) is 45.4 Å². The summed E-state index contributed by atoms with van der Waals surface area (Å²) in [6, 6.07) is 9.02. The summed E-state index contributed by atoms with van der Waals surface area (Å²) in [4.78, 5) is 10.9. The predicted octanol–water partition coefficient (Wildman–Crippen LogP) is 3.83. The fraction of sp³-hybridized carbons (Fsp3) is 0.476. The lowest BCUT2D eigenvalue weighted by Gasteiger charge is -2.28. The van der Waals surface area contributed by atoms with E-state index in [1.165, 1.54) is 54.2 Å². The SMILES string of the molecule is Nc1nc2c(s1)CCN(CC=Cc1ccc(N3CCCCC3)cc1)CC2. The number of benzene rings is 1. The first-order valence-electron chi connectivity index (χ1n) is 9.76. The van der Waals surface area contributed by atoms with Crippen molar-refractivity contribution in [3.8, 4) is 0 Å². The summed E-state index contributed by atoms with van der Waals surface area (Å²) < 4.78 is 0. The molecule has 1 aromatic carbocycles. The molecule has 0 atom stereocenters. The molecule has 2 aliphatic rings. The van der Waals surface area contributed by atoms with Gasteiger partial charge in [0.2, 0.25) is 0 Å². The van der Waals surface area contributed by atoms with Crippen LogP contribution in [0.25, 0.3) is 6.08 Å². The minimum Gasteiger partial charge on any atom is -0.375 e. The van der Waals surface area contributed by atoms with E-state index in [-0.39, 0.29) is 0 Å². The standard InChI is InChI=1S/C21H28N4S/c22-21-23-19-10-15-24(16-11-20(19)26-21)12-4-5-17-6-8-18(9-7-17)25-13-2-1-3-14-25/h4-9H,1-3,10-16H2,(H2,22,23). The van der Waals surface area contributed by atoms with Crippen molar-refractivity contribution in [2.75, 3.05) is 43.4 Å². The molecule has 0 amide bonds. The Kier molecular flexibility index (Phi) is 5.56. The van der Waals surface area contributed by atoms with E-state index in [2.05, 4.69) is 51.2 Å². The molecule has 4 rings (SSSR count). The molecule has 1 fully saturated rings. The maximum absolute atomic E-state index is 5.83. The van der Waals surface area contributed by atoms with Gasteiger partial charge in [0, 0.05) is 49.7 Å². The highest BCUT2D eigenvalue weighted by atomic mass is 32.1. The van der Waals surface area contributed by atoms with Crippen LogP contribution in [0.2, 0.25) is 0 Å². The molecule has 0 spiro atoms. The van der Waals surface area contributed by atoms with E-state index in [9.17, 15) is 0 Å². The van der Waals surface area contributed by atoms with Crippen LogP contribution in [0.5, 0.6) is 0 Å². The van der Waals surface area contributed by atoms with Gasteiger partial charge < -0.3 is 10.6 Å². The third-order valence-electron chi connectivity index (χ3n) is 5.40. The van der Waals surface area contributed by atoms with Crippen LogP contribution < -0.4 is 10.6 Å². The van der Waals surface area contributed by atoms with Gasteiger partial charge in [0.15, 0.2) is 5.13 Å². The maximum atomic E-state index is 5.83. The summed E-state index contributed by atoms with van der Waals surface area (Å²) in [5, 5.41) is 0.719. The number of hydrogen-bond acceptors (Lipinski definition) is 5. The molecule has 0 bridgehead atoms. The number of rotatable bonds is 4. The fourth-order valence-corrected chi connectivity index (χ4v) is 4.77. The van der Waals surface area contributed by atoms with Crippen LogP contribution in [0, 0.1) is 0 Å². The molecule has 0 unspecified atom stereocenters. The number of nitrogen functional groups attached to an aromatic ring is 1. The van der Waals surface area contributed by atoms with Crippen molar-refractivity contribution in [1.29, 1.82) is 0 Å². The first-order chi connectivity index (χ1) is 12.8. The molecule has 0 radical (unpaired) electrons. The normalized spacial score (nSPS) is 18.8. The van der Waals surface area contributed by atoms with E-state index < -0.39 is 0 Å². The van der Waals surface area contributed by atoms with Crippen LogP contribution in [-0.4, -0.2) is 42.6 Å². The molecule has 2 aromatic rings. The van der Waals surface area contributed by atoms with E-state index >= 15 is 0 Å². The summed E-state index contributed by atoms with van der Waals surface area (Å²) in [5.74, 6) is 0. The summed E-state index contributed by atoms with van der Waals surface area (Å²) in [7, 11) is 0. The van der Waals surface area contributed by atoms with Crippen molar-refractivity contribution in [3.05, 3.63) is 46.5 Å². The van der Waals surface area contributed by atoms with E-state index in [0.717, 1.165) is 37.6 Å². The van der Waals surface area contributed by atoms with Gasteiger partial charge in [0.1, 0.15) is 0 Å². The number of aromatic nitrogens is 1. The second-order valence-electron chi connectivity index (χ2n) is 7.26. The van der Waals surface area contributed by atoms with Gasteiger partial charge >= 0.3 is 0 Å². The van der Waals surface area contributed by atoms with E-state index in [1.54, 1.807) is 11.3 Å². The summed E-state index contributed by atoms with van der Waals surface area (Å²) >= 11 is 1.66. The number of fused-ring (bicyclic) bond motifs is 1. The first-order valence-corrected chi connectivity index (χ1v) is 10.6. The Morgan fingerprint density at radius 1 is 1.00 bits per heavy atom. The Morgan fingerprint density at radius 2 is 1.77 bits per heavy atom. The lowest BCUT2D eigenvalue weighted by Crippen LogP contribution is -2.29. The van der Waals surface area contributed by atoms with E-state index in [1.807, 2.05) is 0 Å². The Bertz CT molecular complexity index is 718. The van der Waals surface area contributed by atoms with Crippen LogP contribution in [0.1, 0.15) is 35.4 Å². The minimum absolute atomic E-state index is 0.719. The number of piperidine rings is 1. The van der Waals surface area contributed by atoms with Crippen LogP contribution in [-0.2, 0) is 12.8 Å². The number of thiazole rings is 1. The van der Waals surface area contributed by atoms with Gasteiger partial charge in [0.25, 0.3) is 0 Å². The van der Waals surface area contributed by atoms with Crippen LogP contribution in [0.15, 0.2) is 30.3 Å². The zero-order valence-electron chi connectivity index (χ0n) is 15.4. The monoisotopic (exact) mass is 368 g/mol. The third-order valence-corrected chi connectivity index (χ3v) is 6.39. The molecule has 3 heterocycles. The lowest BCUT2D eigenvalue weighted by atomic mass is 10.1. The molecule has 0 saturated carbocycles. The second-order valence-corrected chi connectivity index (χ2v) is 8.38. The van der Waals surface area contributed by atoms with Crippen molar-refractivity contribution >= 4 is 28.2 Å². The molecule has 1 saturated heterocycles.